The van der Waals surface area contributed by atoms with E-state index < -0.39 is 11.4 Å². The molecule has 10 nitrogen and oxygen atoms in total. The van der Waals surface area contributed by atoms with Crippen molar-refractivity contribution in [3.05, 3.63) is 36.0 Å². The van der Waals surface area contributed by atoms with Crippen molar-refractivity contribution < 1.29 is 9.13 Å². The van der Waals surface area contributed by atoms with Crippen LogP contribution in [0, 0.1) is 5.82 Å². The minimum atomic E-state index is -0.642. The lowest BCUT2D eigenvalue weighted by atomic mass is 9.97. The first-order valence-electron chi connectivity index (χ1n) is 12.1. The lowest BCUT2D eigenvalue weighted by molar-refractivity contribution is 0.0854. The third kappa shape index (κ3) is 3.87. The Morgan fingerprint density at radius 1 is 1.17 bits per heavy atom. The van der Waals surface area contributed by atoms with Gasteiger partial charge in [0, 0.05) is 29.9 Å². The van der Waals surface area contributed by atoms with E-state index in [1.807, 2.05) is 32.0 Å². The molecule has 184 valence electrons. The van der Waals surface area contributed by atoms with E-state index in [4.69, 9.17) is 4.74 Å². The molecule has 0 bridgehead atoms. The summed E-state index contributed by atoms with van der Waals surface area (Å²) in [7, 11) is 0. The predicted molar refractivity (Wildman–Crippen MR) is 129 cm³/mol. The van der Waals surface area contributed by atoms with Gasteiger partial charge in [-0.3, -0.25) is 4.90 Å². The fourth-order valence-electron chi connectivity index (χ4n) is 5.66. The van der Waals surface area contributed by atoms with Crippen molar-refractivity contribution in [2.24, 2.45) is 0 Å². The van der Waals surface area contributed by atoms with Gasteiger partial charge in [-0.25, -0.2) is 9.37 Å². The van der Waals surface area contributed by atoms with Crippen LogP contribution in [0.2, 0.25) is 0 Å². The molecular weight excluding hydrogens is 449 g/mol. The third-order valence-electron chi connectivity index (χ3n) is 7.48. The van der Waals surface area contributed by atoms with E-state index in [-0.39, 0.29) is 17.4 Å². The molecular formula is C24H30FN9O. The number of tetrazole rings is 1. The van der Waals surface area contributed by atoms with Crippen LogP contribution in [-0.2, 0) is 5.60 Å². The van der Waals surface area contributed by atoms with Crippen molar-refractivity contribution in [3.8, 4) is 11.4 Å². The smallest absolute Gasteiger partial charge is 0.229 e. The highest BCUT2D eigenvalue weighted by Crippen LogP contribution is 2.40. The quantitative estimate of drug-likeness (QED) is 0.578. The van der Waals surface area contributed by atoms with E-state index in [1.165, 1.54) is 19.0 Å². The number of aromatic nitrogens is 6. The molecule has 2 N–H and O–H groups in total. The normalized spacial score (nSPS) is 24.1. The molecule has 2 saturated heterocycles. The van der Waals surface area contributed by atoms with E-state index in [0.29, 0.717) is 34.9 Å². The van der Waals surface area contributed by atoms with E-state index >= 15 is 0 Å². The molecule has 3 aliphatic heterocycles. The maximum Gasteiger partial charge on any atom is 0.229 e. The number of anilines is 3. The second-order valence-electron chi connectivity index (χ2n) is 10.8. The monoisotopic (exact) mass is 479 g/mol. The van der Waals surface area contributed by atoms with Gasteiger partial charge in [0.2, 0.25) is 5.95 Å². The zero-order valence-corrected chi connectivity index (χ0v) is 20.4. The van der Waals surface area contributed by atoms with E-state index in [2.05, 4.69) is 54.9 Å². The molecule has 5 heterocycles. The van der Waals surface area contributed by atoms with Gasteiger partial charge in [0.15, 0.2) is 23.1 Å². The Labute approximate surface area is 203 Å². The fourth-order valence-corrected chi connectivity index (χ4v) is 5.66. The molecule has 2 fully saturated rings. The first-order valence-corrected chi connectivity index (χ1v) is 12.1. The highest BCUT2D eigenvalue weighted by Gasteiger charge is 2.42. The van der Waals surface area contributed by atoms with Crippen molar-refractivity contribution in [3.63, 3.8) is 0 Å². The molecule has 0 radical (unpaired) electrons. The summed E-state index contributed by atoms with van der Waals surface area (Å²) in [5, 5.41) is 18.5. The SMILES string of the molecule is CC1(C)Oc2ccc(Nc3ncc(F)c(NC4CCN5C(CCC5(C)C)C4)n3)cc2-n2nnnc21. The number of nitrogens with zero attached hydrogens (tertiary/aromatic N) is 7. The molecule has 2 unspecified atom stereocenters. The van der Waals surface area contributed by atoms with Crippen LogP contribution < -0.4 is 15.4 Å². The Kier molecular flexibility index (Phi) is 4.96. The number of nitrogens with one attached hydrogen (secondary N) is 2. The second kappa shape index (κ2) is 7.84. The average molecular weight is 480 g/mol. The van der Waals surface area contributed by atoms with Crippen molar-refractivity contribution in [1.82, 2.24) is 35.1 Å². The number of fused-ring (bicyclic) bond motifs is 4. The van der Waals surface area contributed by atoms with Crippen LogP contribution in [0.5, 0.6) is 5.75 Å². The lowest BCUT2D eigenvalue weighted by Crippen LogP contribution is -2.50. The first-order chi connectivity index (χ1) is 16.7. The molecule has 0 amide bonds. The highest BCUT2D eigenvalue weighted by molar-refractivity contribution is 5.63. The minimum Gasteiger partial charge on any atom is -0.478 e. The number of piperidine rings is 1. The Balaban J connectivity index is 1.19. The molecule has 3 aromatic rings. The summed E-state index contributed by atoms with van der Waals surface area (Å²) in [4.78, 5) is 11.2. The number of hydrogen-bond acceptors (Lipinski definition) is 9. The molecule has 2 atom stereocenters. The summed E-state index contributed by atoms with van der Waals surface area (Å²) >= 11 is 0. The standard InChI is InChI=1S/C24H30FN9O/c1-23(2)9-7-16-11-15(8-10-33(16)23)27-20-17(25)13-26-22(29-20)28-14-5-6-19-18(12-14)34-21(30-31-32-34)24(3,4)35-19/h5-6,12-13,15-16H,7-11H2,1-4H3,(H2,26,27,28,29). The Morgan fingerprint density at radius 3 is 2.89 bits per heavy atom. The van der Waals surface area contributed by atoms with Gasteiger partial charge >= 0.3 is 0 Å². The lowest BCUT2D eigenvalue weighted by Gasteiger charge is -2.42. The second-order valence-corrected chi connectivity index (χ2v) is 10.8. The number of halogens is 1. The summed E-state index contributed by atoms with van der Waals surface area (Å²) in [5.74, 6) is 1.36. The average Bonchev–Trinajstić information content (AvgIpc) is 3.42. The maximum absolute atomic E-state index is 14.6. The van der Waals surface area contributed by atoms with Gasteiger partial charge in [0.25, 0.3) is 0 Å². The molecule has 0 spiro atoms. The molecule has 0 saturated carbocycles. The van der Waals surface area contributed by atoms with Crippen LogP contribution in [0.15, 0.2) is 24.4 Å². The summed E-state index contributed by atoms with van der Waals surface area (Å²) in [6, 6.07) is 6.30. The van der Waals surface area contributed by atoms with Gasteiger partial charge in [-0.2, -0.15) is 9.67 Å². The van der Waals surface area contributed by atoms with Crippen LogP contribution in [0.3, 0.4) is 0 Å². The highest BCUT2D eigenvalue weighted by atomic mass is 19.1. The van der Waals surface area contributed by atoms with Gasteiger partial charge in [0.05, 0.1) is 6.20 Å². The number of hydrogen-bond donors (Lipinski definition) is 2. The Hall–Kier alpha value is -3.34. The van der Waals surface area contributed by atoms with Crippen LogP contribution >= 0.6 is 0 Å². The van der Waals surface area contributed by atoms with Crippen LogP contribution in [-0.4, -0.2) is 59.2 Å². The molecule has 2 aromatic heterocycles. The topological polar surface area (TPSA) is 106 Å². The maximum atomic E-state index is 14.6. The van der Waals surface area contributed by atoms with E-state index in [1.54, 1.807) is 4.68 Å². The zero-order valence-electron chi connectivity index (χ0n) is 20.4. The Bertz CT molecular complexity index is 1270. The van der Waals surface area contributed by atoms with Gasteiger partial charge in [-0.1, -0.05) is 0 Å². The third-order valence-corrected chi connectivity index (χ3v) is 7.48. The van der Waals surface area contributed by atoms with Crippen LogP contribution in [0.4, 0.5) is 21.8 Å². The molecule has 1 aromatic carbocycles. The molecule has 6 rings (SSSR count). The van der Waals surface area contributed by atoms with Gasteiger partial charge in [-0.05, 0) is 82.0 Å². The molecule has 35 heavy (non-hydrogen) atoms. The van der Waals surface area contributed by atoms with Crippen LogP contribution in [0.1, 0.15) is 59.2 Å². The number of ether oxygens (including phenoxy) is 1. The van der Waals surface area contributed by atoms with Gasteiger partial charge < -0.3 is 15.4 Å². The molecule has 0 aliphatic carbocycles. The minimum absolute atomic E-state index is 0.185. The van der Waals surface area contributed by atoms with Gasteiger partial charge in [-0.15, -0.1) is 5.10 Å². The largest absolute Gasteiger partial charge is 0.478 e. The summed E-state index contributed by atoms with van der Waals surface area (Å²) in [5.41, 5.74) is 1.04. The zero-order chi connectivity index (χ0) is 24.4. The van der Waals surface area contributed by atoms with Gasteiger partial charge in [0.1, 0.15) is 11.4 Å². The molecule has 11 heteroatoms. The van der Waals surface area contributed by atoms with Crippen molar-refractivity contribution in [1.29, 1.82) is 0 Å². The van der Waals surface area contributed by atoms with Crippen molar-refractivity contribution in [2.75, 3.05) is 17.2 Å². The number of rotatable bonds is 4. The molecule has 3 aliphatic rings. The predicted octanol–water partition coefficient (Wildman–Crippen LogP) is 3.78. The van der Waals surface area contributed by atoms with E-state index in [0.717, 1.165) is 19.4 Å². The summed E-state index contributed by atoms with van der Waals surface area (Å²) < 4.78 is 22.4. The fraction of sp³-hybridized carbons (Fsp3) is 0.542. The van der Waals surface area contributed by atoms with Crippen molar-refractivity contribution in [2.45, 2.75) is 76.6 Å². The Morgan fingerprint density at radius 2 is 2.03 bits per heavy atom. The number of benzene rings is 1. The van der Waals surface area contributed by atoms with Crippen LogP contribution in [0.25, 0.3) is 5.69 Å². The van der Waals surface area contributed by atoms with E-state index in [9.17, 15) is 4.39 Å². The van der Waals surface area contributed by atoms with Crippen molar-refractivity contribution >= 4 is 17.5 Å². The summed E-state index contributed by atoms with van der Waals surface area (Å²) in [6.45, 7) is 9.48. The summed E-state index contributed by atoms with van der Waals surface area (Å²) in [6.07, 6.45) is 5.55. The first kappa shape index (κ1) is 22.1.